The maximum absolute atomic E-state index is 13.4. The maximum atomic E-state index is 13.4. The van der Waals surface area contributed by atoms with Crippen LogP contribution in [-0.2, 0) is 11.2 Å². The Kier molecular flexibility index (Phi) is 6.32. The highest BCUT2D eigenvalue weighted by atomic mass is 32.1. The number of H-pyrrole nitrogens is 1. The molecular weight excluding hydrogens is 408 g/mol. The van der Waals surface area contributed by atoms with Gasteiger partial charge in [0.2, 0.25) is 5.91 Å². The van der Waals surface area contributed by atoms with Gasteiger partial charge in [-0.1, -0.05) is 36.4 Å². The van der Waals surface area contributed by atoms with Crippen LogP contribution >= 0.6 is 11.3 Å². The molecule has 1 saturated heterocycles. The second-order valence-electron chi connectivity index (χ2n) is 7.89. The van der Waals surface area contributed by atoms with E-state index in [1.54, 1.807) is 34.6 Å². The van der Waals surface area contributed by atoms with Crippen molar-refractivity contribution in [2.75, 3.05) is 19.6 Å². The molecule has 0 unspecified atom stereocenters. The number of nitrogens with zero attached hydrogens (tertiary/aromatic N) is 2. The zero-order chi connectivity index (χ0) is 21.7. The summed E-state index contributed by atoms with van der Waals surface area (Å²) >= 11 is 1.69. The number of carbonyl (C=O) groups excluding carboxylic acids is 2. The van der Waals surface area contributed by atoms with Crippen molar-refractivity contribution in [3.8, 4) is 10.4 Å². The van der Waals surface area contributed by atoms with Crippen LogP contribution < -0.4 is 5.32 Å². The zero-order valence-electron chi connectivity index (χ0n) is 17.3. The average molecular weight is 435 g/mol. The molecule has 0 spiro atoms. The first-order valence-corrected chi connectivity index (χ1v) is 11.3. The summed E-state index contributed by atoms with van der Waals surface area (Å²) in [7, 11) is 0. The van der Waals surface area contributed by atoms with Crippen LogP contribution in [0.1, 0.15) is 28.9 Å². The van der Waals surface area contributed by atoms with Crippen LogP contribution in [0.3, 0.4) is 0 Å². The number of hydrogen-bond acceptors (Lipinski definition) is 4. The first-order valence-electron chi connectivity index (χ1n) is 10.4. The molecule has 1 atom stereocenters. The second kappa shape index (κ2) is 9.31. The first kappa shape index (κ1) is 21.1. The van der Waals surface area contributed by atoms with E-state index in [0.29, 0.717) is 31.7 Å². The number of rotatable bonds is 7. The van der Waals surface area contributed by atoms with E-state index < -0.39 is 5.41 Å². The fourth-order valence-electron chi connectivity index (χ4n) is 4.32. The number of aromatic amines is 1. The summed E-state index contributed by atoms with van der Waals surface area (Å²) in [6.07, 6.45) is 5.31. The molecule has 160 valence electrons. The molecule has 0 bridgehead atoms. The van der Waals surface area contributed by atoms with Crippen LogP contribution in [0.15, 0.2) is 66.7 Å². The molecule has 0 aliphatic carbocycles. The topological polar surface area (TPSA) is 78.1 Å². The van der Waals surface area contributed by atoms with Crippen LogP contribution in [0, 0.1) is 5.41 Å². The van der Waals surface area contributed by atoms with Gasteiger partial charge in [0.25, 0.3) is 5.91 Å². The quantitative estimate of drug-likeness (QED) is 0.554. The number of likely N-dealkylation sites (tertiary alicyclic amines) is 1. The third-order valence-corrected chi connectivity index (χ3v) is 6.72. The smallest absolute Gasteiger partial charge is 0.271 e. The molecule has 2 amide bonds. The molecular formula is C24H26N4O2S. The summed E-state index contributed by atoms with van der Waals surface area (Å²) in [5.41, 5.74) is 2.01. The van der Waals surface area contributed by atoms with Crippen molar-refractivity contribution in [2.24, 2.45) is 5.41 Å². The Morgan fingerprint density at radius 3 is 2.87 bits per heavy atom. The monoisotopic (exact) mass is 434 g/mol. The van der Waals surface area contributed by atoms with Crippen molar-refractivity contribution in [2.45, 2.75) is 19.3 Å². The summed E-state index contributed by atoms with van der Waals surface area (Å²) < 4.78 is 0. The van der Waals surface area contributed by atoms with Crippen molar-refractivity contribution in [1.29, 1.82) is 0 Å². The van der Waals surface area contributed by atoms with Crippen molar-refractivity contribution in [1.82, 2.24) is 20.4 Å². The van der Waals surface area contributed by atoms with E-state index in [9.17, 15) is 9.59 Å². The Morgan fingerprint density at radius 2 is 2.13 bits per heavy atom. The van der Waals surface area contributed by atoms with Gasteiger partial charge in [0.1, 0.15) is 5.69 Å². The van der Waals surface area contributed by atoms with Gasteiger partial charge in [0.05, 0.1) is 5.41 Å². The molecule has 0 radical (unpaired) electrons. The van der Waals surface area contributed by atoms with Gasteiger partial charge in [0.15, 0.2) is 0 Å². The van der Waals surface area contributed by atoms with Crippen molar-refractivity contribution in [3.05, 3.63) is 78.0 Å². The maximum Gasteiger partial charge on any atom is 0.271 e. The van der Waals surface area contributed by atoms with E-state index in [1.165, 1.54) is 4.88 Å². The minimum Gasteiger partial charge on any atom is -0.352 e. The molecule has 31 heavy (non-hydrogen) atoms. The van der Waals surface area contributed by atoms with Crippen molar-refractivity contribution < 1.29 is 9.59 Å². The summed E-state index contributed by atoms with van der Waals surface area (Å²) in [5, 5.41) is 11.7. The molecule has 4 rings (SSSR count). The molecule has 0 saturated carbocycles. The number of thiophene rings is 1. The standard InChI is InChI=1S/C24H26N4O2S/c1-2-12-25-23(30)24(11-6-14-28(17-24)22(29)20-10-13-26-27-20)16-18-7-3-4-8-19(18)21-9-5-15-31-21/h2-5,7-10,13,15H,1,6,11-12,14,16-17H2,(H,25,30)(H,26,27)/t24-/m1/s1. The molecule has 1 aromatic carbocycles. The fourth-order valence-corrected chi connectivity index (χ4v) is 5.11. The number of piperidine rings is 1. The molecule has 1 fully saturated rings. The van der Waals surface area contributed by atoms with Crippen LogP contribution in [0.2, 0.25) is 0 Å². The van der Waals surface area contributed by atoms with Gasteiger partial charge in [-0.05, 0) is 47.9 Å². The highest BCUT2D eigenvalue weighted by Crippen LogP contribution is 2.38. The van der Waals surface area contributed by atoms with Gasteiger partial charge in [-0.3, -0.25) is 14.7 Å². The zero-order valence-corrected chi connectivity index (χ0v) is 18.2. The number of amides is 2. The van der Waals surface area contributed by atoms with Crippen LogP contribution in [0.4, 0.5) is 0 Å². The van der Waals surface area contributed by atoms with Gasteiger partial charge in [0, 0.05) is 30.7 Å². The van der Waals surface area contributed by atoms with Crippen molar-refractivity contribution in [3.63, 3.8) is 0 Å². The molecule has 3 heterocycles. The third-order valence-electron chi connectivity index (χ3n) is 5.82. The Labute approximate surface area is 186 Å². The van der Waals surface area contributed by atoms with E-state index >= 15 is 0 Å². The van der Waals surface area contributed by atoms with E-state index in [-0.39, 0.29) is 11.8 Å². The Morgan fingerprint density at radius 1 is 1.26 bits per heavy atom. The molecule has 6 nitrogen and oxygen atoms in total. The molecule has 7 heteroatoms. The third kappa shape index (κ3) is 4.46. The van der Waals surface area contributed by atoms with Crippen molar-refractivity contribution >= 4 is 23.2 Å². The largest absolute Gasteiger partial charge is 0.352 e. The first-order chi connectivity index (χ1) is 15.1. The summed E-state index contributed by atoms with van der Waals surface area (Å²) in [5.74, 6) is -0.153. The molecule has 1 aliphatic rings. The predicted octanol–water partition coefficient (Wildman–Crippen LogP) is 3.91. The van der Waals surface area contributed by atoms with Crippen LogP contribution in [0.5, 0.6) is 0 Å². The number of carbonyl (C=O) groups is 2. The van der Waals surface area contributed by atoms with E-state index in [4.69, 9.17) is 0 Å². The normalized spacial score (nSPS) is 18.5. The lowest BCUT2D eigenvalue weighted by Gasteiger charge is -2.42. The summed E-state index contributed by atoms with van der Waals surface area (Å²) in [6, 6.07) is 14.0. The van der Waals surface area contributed by atoms with E-state index in [1.807, 2.05) is 18.2 Å². The Balaban J connectivity index is 1.67. The predicted molar refractivity (Wildman–Crippen MR) is 123 cm³/mol. The Bertz CT molecular complexity index is 1050. The summed E-state index contributed by atoms with van der Waals surface area (Å²) in [4.78, 5) is 29.4. The highest BCUT2D eigenvalue weighted by Gasteiger charge is 2.44. The van der Waals surface area contributed by atoms with Gasteiger partial charge in [-0.2, -0.15) is 5.10 Å². The van der Waals surface area contributed by atoms with Gasteiger partial charge < -0.3 is 10.2 Å². The average Bonchev–Trinajstić information content (AvgIpc) is 3.52. The number of hydrogen-bond donors (Lipinski definition) is 2. The van der Waals surface area contributed by atoms with E-state index in [0.717, 1.165) is 24.0 Å². The Hall–Kier alpha value is -3.19. The molecule has 1 aliphatic heterocycles. The molecule has 2 aromatic heterocycles. The molecule has 2 N–H and O–H groups in total. The minimum absolute atomic E-state index is 0.0320. The SMILES string of the molecule is C=CCNC(=O)[C@@]1(Cc2ccccc2-c2cccs2)CCCN(C(=O)c2ccn[nH]2)C1. The second-order valence-corrected chi connectivity index (χ2v) is 8.84. The minimum atomic E-state index is -0.704. The van der Waals surface area contributed by atoms with Crippen LogP contribution in [0.25, 0.3) is 10.4 Å². The lowest BCUT2D eigenvalue weighted by atomic mass is 9.73. The lowest BCUT2D eigenvalue weighted by Crippen LogP contribution is -2.54. The summed E-state index contributed by atoms with van der Waals surface area (Å²) in [6.45, 7) is 5.12. The van der Waals surface area contributed by atoms with E-state index in [2.05, 4.69) is 45.7 Å². The lowest BCUT2D eigenvalue weighted by molar-refractivity contribution is -0.133. The number of benzene rings is 1. The van der Waals surface area contributed by atoms with Crippen LogP contribution in [-0.4, -0.2) is 46.5 Å². The highest BCUT2D eigenvalue weighted by molar-refractivity contribution is 7.13. The number of aromatic nitrogens is 2. The van der Waals surface area contributed by atoms with Gasteiger partial charge in [-0.15, -0.1) is 17.9 Å². The van der Waals surface area contributed by atoms with Gasteiger partial charge in [-0.25, -0.2) is 0 Å². The van der Waals surface area contributed by atoms with Gasteiger partial charge >= 0.3 is 0 Å². The number of nitrogens with one attached hydrogen (secondary N) is 2. The molecule has 3 aromatic rings. The fraction of sp³-hybridized carbons (Fsp3) is 0.292.